The predicted molar refractivity (Wildman–Crippen MR) is 105 cm³/mol. The second-order valence-corrected chi connectivity index (χ2v) is 6.36. The minimum atomic E-state index is -1.21. The zero-order valence-electron chi connectivity index (χ0n) is 14.8. The number of ether oxygens (including phenoxy) is 1. The molecule has 0 aliphatic rings. The summed E-state index contributed by atoms with van der Waals surface area (Å²) >= 11 is 6.26. The highest BCUT2D eigenvalue weighted by molar-refractivity contribution is 6.33. The van der Waals surface area contributed by atoms with E-state index in [0.717, 1.165) is 0 Å². The molecule has 0 unspecified atom stereocenters. The van der Waals surface area contributed by atoms with Crippen molar-refractivity contribution in [3.63, 3.8) is 0 Å². The van der Waals surface area contributed by atoms with Crippen molar-refractivity contribution in [2.24, 2.45) is 5.73 Å². The lowest BCUT2D eigenvalue weighted by Crippen LogP contribution is -2.42. The van der Waals surface area contributed by atoms with Crippen LogP contribution in [0.15, 0.2) is 54.6 Å². The third-order valence-corrected chi connectivity index (χ3v) is 4.31. The Bertz CT molecular complexity index is 1080. The van der Waals surface area contributed by atoms with Crippen molar-refractivity contribution in [2.75, 3.05) is 0 Å². The molecular weight excluding hydrogens is 382 g/mol. The van der Waals surface area contributed by atoms with E-state index in [0.29, 0.717) is 27.2 Å². The van der Waals surface area contributed by atoms with Crippen molar-refractivity contribution in [1.29, 1.82) is 0 Å². The van der Waals surface area contributed by atoms with Crippen molar-refractivity contribution >= 4 is 40.4 Å². The molecule has 0 saturated carbocycles. The van der Waals surface area contributed by atoms with E-state index in [2.05, 4.69) is 4.98 Å². The summed E-state index contributed by atoms with van der Waals surface area (Å²) in [6.07, 6.45) is -1.21. The first-order chi connectivity index (χ1) is 13.4. The monoisotopic (exact) mass is 397 g/mol. The Morgan fingerprint density at radius 3 is 2.50 bits per heavy atom. The van der Waals surface area contributed by atoms with Gasteiger partial charge in [-0.25, -0.2) is 14.6 Å². The fraction of sp³-hybridized carbons (Fsp3) is 0.100. The molecule has 3 rings (SSSR count). The molecule has 2 aromatic carbocycles. The Hall–Kier alpha value is -3.45. The number of rotatable bonds is 4. The van der Waals surface area contributed by atoms with Gasteiger partial charge in [0.15, 0.2) is 6.10 Å². The average molecular weight is 398 g/mol. The highest BCUT2D eigenvalue weighted by atomic mass is 35.5. The Morgan fingerprint density at radius 1 is 1.11 bits per heavy atom. The number of hydrogen-bond acceptors (Lipinski definition) is 5. The van der Waals surface area contributed by atoms with Gasteiger partial charge < -0.3 is 10.5 Å². The summed E-state index contributed by atoms with van der Waals surface area (Å²) in [5.74, 6) is -1.55. The molecule has 28 heavy (non-hydrogen) atoms. The first-order valence-corrected chi connectivity index (χ1v) is 8.70. The van der Waals surface area contributed by atoms with Crippen LogP contribution in [0.5, 0.6) is 0 Å². The Balaban J connectivity index is 2.02. The number of aromatic nitrogens is 1. The number of urea groups is 1. The molecule has 1 atom stereocenters. The van der Waals surface area contributed by atoms with E-state index in [1.54, 1.807) is 48.5 Å². The van der Waals surface area contributed by atoms with Gasteiger partial charge in [0, 0.05) is 16.0 Å². The number of carbonyl (C=O) groups is 3. The molecule has 8 heteroatoms. The molecular formula is C20H16ClN3O4. The number of nitrogens with two attached hydrogens (primary N) is 1. The molecule has 1 heterocycles. The summed E-state index contributed by atoms with van der Waals surface area (Å²) in [6, 6.07) is 14.7. The molecule has 7 nitrogen and oxygen atoms in total. The van der Waals surface area contributed by atoms with Crippen LogP contribution < -0.4 is 11.1 Å². The molecule has 0 bridgehead atoms. The Morgan fingerprint density at radius 2 is 1.79 bits per heavy atom. The summed E-state index contributed by atoms with van der Waals surface area (Å²) in [5.41, 5.74) is 6.85. The third-order valence-electron chi connectivity index (χ3n) is 3.99. The van der Waals surface area contributed by atoms with Crippen molar-refractivity contribution in [3.05, 3.63) is 65.2 Å². The van der Waals surface area contributed by atoms with Crippen LogP contribution in [0.25, 0.3) is 22.2 Å². The lowest BCUT2D eigenvalue weighted by molar-refractivity contribution is -0.127. The molecule has 3 aromatic rings. The van der Waals surface area contributed by atoms with Crippen LogP contribution in [0.2, 0.25) is 5.02 Å². The minimum Gasteiger partial charge on any atom is -0.449 e. The topological polar surface area (TPSA) is 111 Å². The summed E-state index contributed by atoms with van der Waals surface area (Å²) < 4.78 is 5.21. The third kappa shape index (κ3) is 4.10. The highest BCUT2D eigenvalue weighted by Crippen LogP contribution is 2.30. The van der Waals surface area contributed by atoms with Crippen molar-refractivity contribution in [1.82, 2.24) is 10.3 Å². The van der Waals surface area contributed by atoms with Gasteiger partial charge in [-0.05, 0) is 25.1 Å². The number of carbonyl (C=O) groups excluding carboxylic acids is 3. The highest BCUT2D eigenvalue weighted by Gasteiger charge is 2.22. The van der Waals surface area contributed by atoms with Gasteiger partial charge >= 0.3 is 12.0 Å². The summed E-state index contributed by atoms with van der Waals surface area (Å²) in [5, 5.41) is 2.92. The molecule has 0 spiro atoms. The van der Waals surface area contributed by atoms with Crippen LogP contribution in [0.1, 0.15) is 17.3 Å². The van der Waals surface area contributed by atoms with Crippen LogP contribution in [0.4, 0.5) is 4.79 Å². The van der Waals surface area contributed by atoms with Gasteiger partial charge in [-0.3, -0.25) is 10.1 Å². The Kier molecular flexibility index (Phi) is 5.56. The van der Waals surface area contributed by atoms with Gasteiger partial charge in [-0.1, -0.05) is 48.0 Å². The number of fused-ring (bicyclic) bond motifs is 1. The number of primary amides is 1. The molecule has 0 radical (unpaired) electrons. The molecule has 3 amide bonds. The van der Waals surface area contributed by atoms with Gasteiger partial charge in [-0.2, -0.15) is 0 Å². The van der Waals surface area contributed by atoms with E-state index in [-0.39, 0.29) is 5.56 Å². The average Bonchev–Trinajstić information content (AvgIpc) is 2.66. The van der Waals surface area contributed by atoms with Crippen LogP contribution in [-0.4, -0.2) is 29.0 Å². The van der Waals surface area contributed by atoms with E-state index >= 15 is 0 Å². The number of benzene rings is 2. The lowest BCUT2D eigenvalue weighted by atomic mass is 10.0. The van der Waals surface area contributed by atoms with Crippen LogP contribution in [0.3, 0.4) is 0 Å². The predicted octanol–water partition coefficient (Wildman–Crippen LogP) is 3.30. The summed E-state index contributed by atoms with van der Waals surface area (Å²) in [4.78, 5) is 39.9. The molecule has 0 aliphatic heterocycles. The number of esters is 1. The lowest BCUT2D eigenvalue weighted by Gasteiger charge is -2.14. The fourth-order valence-electron chi connectivity index (χ4n) is 2.65. The van der Waals surface area contributed by atoms with Crippen LogP contribution in [-0.2, 0) is 9.53 Å². The summed E-state index contributed by atoms with van der Waals surface area (Å²) in [6.45, 7) is 1.34. The van der Waals surface area contributed by atoms with Crippen molar-refractivity contribution in [2.45, 2.75) is 13.0 Å². The number of hydrogen-bond donors (Lipinski definition) is 2. The molecule has 3 N–H and O–H groups in total. The molecule has 1 aromatic heterocycles. The second-order valence-electron chi connectivity index (χ2n) is 5.95. The maximum atomic E-state index is 12.7. The number of imide groups is 1. The van der Waals surface area contributed by atoms with E-state index in [4.69, 9.17) is 22.1 Å². The largest absolute Gasteiger partial charge is 0.449 e. The number of amides is 3. The van der Waals surface area contributed by atoms with E-state index < -0.39 is 24.0 Å². The van der Waals surface area contributed by atoms with Crippen molar-refractivity contribution in [3.8, 4) is 11.3 Å². The zero-order chi connectivity index (χ0) is 20.3. The van der Waals surface area contributed by atoms with Gasteiger partial charge in [0.2, 0.25) is 0 Å². The van der Waals surface area contributed by atoms with Gasteiger partial charge in [0.1, 0.15) is 0 Å². The Labute approximate surface area is 165 Å². The summed E-state index contributed by atoms with van der Waals surface area (Å²) in [7, 11) is 0. The van der Waals surface area contributed by atoms with Crippen LogP contribution >= 0.6 is 11.6 Å². The molecule has 142 valence electrons. The number of para-hydroxylation sites is 1. The maximum Gasteiger partial charge on any atom is 0.339 e. The molecule has 0 saturated heterocycles. The normalized spacial score (nSPS) is 11.6. The van der Waals surface area contributed by atoms with E-state index in [9.17, 15) is 14.4 Å². The van der Waals surface area contributed by atoms with Crippen molar-refractivity contribution < 1.29 is 19.1 Å². The van der Waals surface area contributed by atoms with Gasteiger partial charge in [-0.15, -0.1) is 0 Å². The first-order valence-electron chi connectivity index (χ1n) is 8.33. The fourth-order valence-corrected chi connectivity index (χ4v) is 2.88. The van der Waals surface area contributed by atoms with E-state index in [1.807, 2.05) is 11.4 Å². The number of nitrogens with zero attached hydrogens (tertiary/aromatic N) is 1. The number of halogens is 1. The number of pyridine rings is 1. The van der Waals surface area contributed by atoms with Crippen LogP contribution in [0, 0.1) is 0 Å². The molecule has 0 aliphatic carbocycles. The number of nitrogens with one attached hydrogen (secondary N) is 1. The SMILES string of the molecule is C[C@@H](OC(=O)c1cc(-c2ccccc2Cl)nc2ccccc12)C(=O)NC(N)=O. The van der Waals surface area contributed by atoms with E-state index in [1.165, 1.54) is 6.92 Å². The van der Waals surface area contributed by atoms with Gasteiger partial charge in [0.25, 0.3) is 5.91 Å². The standard InChI is InChI=1S/C20H16ClN3O4/c1-11(18(25)24-20(22)27)28-19(26)14-10-17(13-7-2-4-8-15(13)21)23-16-9-5-3-6-12(14)16/h2-11H,1H3,(H3,22,24,25,27)/t11-/m1/s1. The maximum absolute atomic E-state index is 12.7. The zero-order valence-corrected chi connectivity index (χ0v) is 15.6. The first kappa shape index (κ1) is 19.3. The minimum absolute atomic E-state index is 0.222. The second kappa shape index (κ2) is 8.06. The van der Waals surface area contributed by atoms with Gasteiger partial charge in [0.05, 0.1) is 16.8 Å². The quantitative estimate of drug-likeness (QED) is 0.656. The molecule has 0 fully saturated rings. The smallest absolute Gasteiger partial charge is 0.339 e.